The van der Waals surface area contributed by atoms with E-state index in [1.54, 1.807) is 17.0 Å². The molecule has 34 heavy (non-hydrogen) atoms. The molecule has 1 amide bonds. The molecule has 6 heteroatoms. The number of carbonyl (C=O) groups is 1. The average Bonchev–Trinajstić information content (AvgIpc) is 3.37. The SMILES string of the molecule is CCc1ccc(C2c3c(-c4cc(C)cc(C)c4O)n[nH]c3C(=O)N2Cc2ccc(F)cc2)cc1. The minimum atomic E-state index is -0.396. The first kappa shape index (κ1) is 21.9. The maximum absolute atomic E-state index is 13.6. The summed E-state index contributed by atoms with van der Waals surface area (Å²) in [7, 11) is 0. The Balaban J connectivity index is 1.67. The molecule has 0 saturated carbocycles. The number of fused-ring (bicyclic) bond motifs is 1. The number of aromatic nitrogens is 2. The van der Waals surface area contributed by atoms with Crippen LogP contribution >= 0.6 is 0 Å². The second-order valence-corrected chi connectivity index (χ2v) is 8.90. The zero-order valence-electron chi connectivity index (χ0n) is 19.4. The number of phenols is 1. The summed E-state index contributed by atoms with van der Waals surface area (Å²) in [5, 5.41) is 18.3. The van der Waals surface area contributed by atoms with Crippen molar-refractivity contribution in [2.45, 2.75) is 39.8 Å². The van der Waals surface area contributed by atoms with Crippen molar-refractivity contribution in [3.05, 3.63) is 106 Å². The predicted molar refractivity (Wildman–Crippen MR) is 129 cm³/mol. The lowest BCUT2D eigenvalue weighted by molar-refractivity contribution is 0.0730. The van der Waals surface area contributed by atoms with Gasteiger partial charge in [0, 0.05) is 17.7 Å². The van der Waals surface area contributed by atoms with E-state index >= 15 is 0 Å². The van der Waals surface area contributed by atoms with Crippen LogP contribution in [0, 0.1) is 19.7 Å². The van der Waals surface area contributed by atoms with Crippen molar-refractivity contribution in [2.24, 2.45) is 0 Å². The lowest BCUT2D eigenvalue weighted by Crippen LogP contribution is -2.29. The van der Waals surface area contributed by atoms with Gasteiger partial charge < -0.3 is 10.0 Å². The summed E-state index contributed by atoms with van der Waals surface area (Å²) < 4.78 is 13.5. The van der Waals surface area contributed by atoms with Gasteiger partial charge in [0.05, 0.1) is 6.04 Å². The quantitative estimate of drug-likeness (QED) is 0.397. The minimum absolute atomic E-state index is 0.157. The van der Waals surface area contributed by atoms with Gasteiger partial charge in [-0.05, 0) is 66.3 Å². The molecule has 0 radical (unpaired) electrons. The van der Waals surface area contributed by atoms with E-state index in [9.17, 15) is 14.3 Å². The fourth-order valence-corrected chi connectivity index (χ4v) is 4.77. The van der Waals surface area contributed by atoms with Crippen molar-refractivity contribution >= 4 is 5.91 Å². The number of nitrogens with zero attached hydrogens (tertiary/aromatic N) is 2. The van der Waals surface area contributed by atoms with Gasteiger partial charge in [-0.15, -0.1) is 0 Å². The molecule has 172 valence electrons. The molecule has 1 aliphatic rings. The molecule has 1 unspecified atom stereocenters. The second kappa shape index (κ2) is 8.45. The molecule has 0 fully saturated rings. The largest absolute Gasteiger partial charge is 0.507 e. The highest BCUT2D eigenvalue weighted by atomic mass is 19.1. The van der Waals surface area contributed by atoms with E-state index in [2.05, 4.69) is 29.3 Å². The molecule has 0 bridgehead atoms. The number of aromatic amines is 1. The Bertz CT molecular complexity index is 1370. The number of aromatic hydroxyl groups is 1. The van der Waals surface area contributed by atoms with Crippen LogP contribution in [-0.4, -0.2) is 26.1 Å². The predicted octanol–water partition coefficient (Wildman–Crippen LogP) is 5.85. The first-order valence-electron chi connectivity index (χ1n) is 11.4. The number of H-pyrrole nitrogens is 1. The summed E-state index contributed by atoms with van der Waals surface area (Å²) in [5.41, 5.74) is 7.08. The Labute approximate surface area is 197 Å². The number of carbonyl (C=O) groups excluding carboxylic acids is 1. The van der Waals surface area contributed by atoms with Crippen molar-refractivity contribution in [1.82, 2.24) is 15.1 Å². The topological polar surface area (TPSA) is 69.2 Å². The molecule has 1 atom stereocenters. The lowest BCUT2D eigenvalue weighted by atomic mass is 9.93. The van der Waals surface area contributed by atoms with Gasteiger partial charge in [0.15, 0.2) is 0 Å². The van der Waals surface area contributed by atoms with E-state index in [0.29, 0.717) is 23.5 Å². The molecule has 2 heterocycles. The van der Waals surface area contributed by atoms with Crippen molar-refractivity contribution < 1.29 is 14.3 Å². The molecule has 1 aliphatic heterocycles. The first-order valence-corrected chi connectivity index (χ1v) is 11.4. The van der Waals surface area contributed by atoms with Crippen LogP contribution in [0.3, 0.4) is 0 Å². The molecule has 0 spiro atoms. The third-order valence-electron chi connectivity index (χ3n) is 6.53. The number of hydrogen-bond donors (Lipinski definition) is 2. The molecule has 1 aromatic heterocycles. The summed E-state index contributed by atoms with van der Waals surface area (Å²) in [6, 6.07) is 17.8. The minimum Gasteiger partial charge on any atom is -0.507 e. The molecule has 2 N–H and O–H groups in total. The van der Waals surface area contributed by atoms with Gasteiger partial charge in [-0.25, -0.2) is 4.39 Å². The standard InChI is InChI=1S/C28H26FN3O2/c1-4-18-5-9-20(10-6-18)26-23-24(22-14-16(2)13-17(3)27(22)33)30-31-25(23)28(34)32(26)15-19-7-11-21(29)12-8-19/h5-14,26,33H,4,15H2,1-3H3,(H,30,31). The monoisotopic (exact) mass is 455 g/mol. The van der Waals surface area contributed by atoms with Crippen LogP contribution in [0.4, 0.5) is 4.39 Å². The fraction of sp³-hybridized carbons (Fsp3) is 0.214. The molecular weight excluding hydrogens is 429 g/mol. The van der Waals surface area contributed by atoms with Gasteiger partial charge in [0.25, 0.3) is 5.91 Å². The molecular formula is C28H26FN3O2. The van der Waals surface area contributed by atoms with Crippen molar-refractivity contribution in [2.75, 3.05) is 0 Å². The summed E-state index contributed by atoms with van der Waals surface area (Å²) in [4.78, 5) is 15.3. The van der Waals surface area contributed by atoms with Gasteiger partial charge in [-0.3, -0.25) is 9.89 Å². The third-order valence-corrected chi connectivity index (χ3v) is 6.53. The summed E-state index contributed by atoms with van der Waals surface area (Å²) in [6.45, 7) is 6.24. The van der Waals surface area contributed by atoms with Gasteiger partial charge in [-0.2, -0.15) is 5.10 Å². The number of hydrogen-bond acceptors (Lipinski definition) is 3. The van der Waals surface area contributed by atoms with E-state index in [4.69, 9.17) is 0 Å². The summed E-state index contributed by atoms with van der Waals surface area (Å²) in [6.07, 6.45) is 0.918. The molecule has 5 nitrogen and oxygen atoms in total. The van der Waals surface area contributed by atoms with E-state index in [1.807, 2.05) is 38.1 Å². The molecule has 5 rings (SSSR count). The van der Waals surface area contributed by atoms with E-state index in [1.165, 1.54) is 17.7 Å². The van der Waals surface area contributed by atoms with E-state index in [0.717, 1.165) is 34.2 Å². The highest BCUT2D eigenvalue weighted by molar-refractivity contribution is 6.00. The smallest absolute Gasteiger partial charge is 0.273 e. The van der Waals surface area contributed by atoms with Crippen LogP contribution in [0.15, 0.2) is 60.7 Å². The Morgan fingerprint density at radius 3 is 2.38 bits per heavy atom. The van der Waals surface area contributed by atoms with Crippen LogP contribution in [0.5, 0.6) is 5.75 Å². The van der Waals surface area contributed by atoms with Gasteiger partial charge in [-0.1, -0.05) is 49.4 Å². The number of phenolic OH excluding ortho intramolecular Hbond substituents is 1. The summed E-state index contributed by atoms with van der Waals surface area (Å²) in [5.74, 6) is -0.332. The highest BCUT2D eigenvalue weighted by Gasteiger charge is 2.42. The fourth-order valence-electron chi connectivity index (χ4n) is 4.77. The molecule has 3 aromatic carbocycles. The van der Waals surface area contributed by atoms with E-state index in [-0.39, 0.29) is 17.5 Å². The van der Waals surface area contributed by atoms with Crippen molar-refractivity contribution in [1.29, 1.82) is 0 Å². The Hall–Kier alpha value is -3.93. The number of nitrogens with one attached hydrogen (secondary N) is 1. The maximum atomic E-state index is 13.6. The van der Waals surface area contributed by atoms with Crippen LogP contribution in [0.1, 0.15) is 56.8 Å². The van der Waals surface area contributed by atoms with Crippen LogP contribution in [0.25, 0.3) is 11.3 Å². The Kier molecular flexibility index (Phi) is 5.44. The molecule has 0 saturated heterocycles. The normalized spacial score (nSPS) is 15.1. The number of benzene rings is 3. The highest BCUT2D eigenvalue weighted by Crippen LogP contribution is 2.45. The Morgan fingerprint density at radius 1 is 1.03 bits per heavy atom. The van der Waals surface area contributed by atoms with Gasteiger partial charge >= 0.3 is 0 Å². The van der Waals surface area contributed by atoms with Gasteiger partial charge in [0.1, 0.15) is 23.0 Å². The zero-order chi connectivity index (χ0) is 24.0. The number of halogens is 1. The number of aryl methyl sites for hydroxylation is 3. The van der Waals surface area contributed by atoms with Gasteiger partial charge in [0.2, 0.25) is 0 Å². The van der Waals surface area contributed by atoms with Crippen LogP contribution in [0.2, 0.25) is 0 Å². The van der Waals surface area contributed by atoms with Crippen molar-refractivity contribution in [3.63, 3.8) is 0 Å². The zero-order valence-corrected chi connectivity index (χ0v) is 19.4. The molecule has 4 aromatic rings. The molecule has 0 aliphatic carbocycles. The lowest BCUT2D eigenvalue weighted by Gasteiger charge is -2.27. The first-order chi connectivity index (χ1) is 16.4. The number of amides is 1. The average molecular weight is 456 g/mol. The van der Waals surface area contributed by atoms with Crippen molar-refractivity contribution in [3.8, 4) is 17.0 Å². The maximum Gasteiger partial charge on any atom is 0.273 e. The summed E-state index contributed by atoms with van der Waals surface area (Å²) >= 11 is 0. The second-order valence-electron chi connectivity index (χ2n) is 8.90. The third kappa shape index (κ3) is 3.65. The number of rotatable bonds is 5. The Morgan fingerprint density at radius 2 is 1.71 bits per heavy atom. The van der Waals surface area contributed by atoms with Crippen LogP contribution < -0.4 is 0 Å². The van der Waals surface area contributed by atoms with E-state index < -0.39 is 6.04 Å². The van der Waals surface area contributed by atoms with Crippen LogP contribution in [-0.2, 0) is 13.0 Å².